The second-order valence-electron chi connectivity index (χ2n) is 8.61. The zero-order chi connectivity index (χ0) is 16.7. The van der Waals surface area contributed by atoms with Crippen molar-refractivity contribution >= 4 is 15.8 Å². The number of carbonyl (C=O) groups is 1. The highest BCUT2D eigenvalue weighted by Crippen LogP contribution is 2.64. The Kier molecular flexibility index (Phi) is 4.65. The van der Waals surface area contributed by atoms with Crippen molar-refractivity contribution in [2.75, 3.05) is 12.3 Å². The average Bonchev–Trinajstić information content (AvgIpc) is 3.10. The highest BCUT2D eigenvalue weighted by atomic mass is 32.2. The van der Waals surface area contributed by atoms with E-state index in [2.05, 4.69) is 18.6 Å². The molecule has 4 nitrogen and oxygen atoms in total. The Morgan fingerprint density at radius 3 is 2.43 bits per heavy atom. The Labute approximate surface area is 140 Å². The SMILES string of the molecule is CC1(C)C2CCC1(CS(=O)(=O)NCCCC1CCCC1)C(=O)C2. The predicted molar refractivity (Wildman–Crippen MR) is 91.5 cm³/mol. The number of hydrogen-bond acceptors (Lipinski definition) is 3. The van der Waals surface area contributed by atoms with Crippen LogP contribution in [-0.2, 0) is 14.8 Å². The van der Waals surface area contributed by atoms with Gasteiger partial charge in [-0.25, -0.2) is 13.1 Å². The van der Waals surface area contributed by atoms with Gasteiger partial charge in [0.1, 0.15) is 5.78 Å². The molecule has 3 aliphatic rings. The van der Waals surface area contributed by atoms with Gasteiger partial charge in [0, 0.05) is 18.4 Å². The topological polar surface area (TPSA) is 63.2 Å². The molecule has 5 heteroatoms. The quantitative estimate of drug-likeness (QED) is 0.723. The van der Waals surface area contributed by atoms with Gasteiger partial charge in [-0.2, -0.15) is 0 Å². The lowest BCUT2D eigenvalue weighted by Gasteiger charge is -2.36. The van der Waals surface area contributed by atoms with E-state index in [0.717, 1.165) is 31.6 Å². The van der Waals surface area contributed by atoms with Crippen LogP contribution < -0.4 is 4.72 Å². The minimum atomic E-state index is -3.38. The number of rotatable bonds is 7. The molecule has 0 radical (unpaired) electrons. The van der Waals surface area contributed by atoms with E-state index >= 15 is 0 Å². The molecule has 23 heavy (non-hydrogen) atoms. The first-order valence-corrected chi connectivity index (χ1v) is 10.9. The molecule has 132 valence electrons. The molecule has 2 atom stereocenters. The van der Waals surface area contributed by atoms with Crippen molar-refractivity contribution in [2.45, 2.75) is 71.6 Å². The molecule has 3 aliphatic carbocycles. The molecule has 2 bridgehead atoms. The average molecular weight is 342 g/mol. The minimum absolute atomic E-state index is 0.00817. The summed E-state index contributed by atoms with van der Waals surface area (Å²) in [4.78, 5) is 12.5. The van der Waals surface area contributed by atoms with Crippen molar-refractivity contribution in [2.24, 2.45) is 22.7 Å². The molecule has 0 spiro atoms. The lowest BCUT2D eigenvalue weighted by molar-refractivity contribution is -0.128. The Morgan fingerprint density at radius 2 is 1.87 bits per heavy atom. The molecule has 0 saturated heterocycles. The monoisotopic (exact) mass is 341 g/mol. The van der Waals surface area contributed by atoms with Crippen molar-refractivity contribution in [1.29, 1.82) is 0 Å². The number of hydrogen-bond donors (Lipinski definition) is 1. The molecule has 1 N–H and O–H groups in total. The van der Waals surface area contributed by atoms with Crippen LogP contribution in [0, 0.1) is 22.7 Å². The van der Waals surface area contributed by atoms with Crippen LogP contribution in [0.5, 0.6) is 0 Å². The third-order valence-electron chi connectivity index (χ3n) is 7.16. The zero-order valence-electron chi connectivity index (χ0n) is 14.6. The molecular weight excluding hydrogens is 310 g/mol. The van der Waals surface area contributed by atoms with E-state index in [9.17, 15) is 13.2 Å². The number of carbonyl (C=O) groups excluding carboxylic acids is 1. The lowest BCUT2D eigenvalue weighted by atomic mass is 9.70. The third-order valence-corrected chi connectivity index (χ3v) is 8.68. The Morgan fingerprint density at radius 1 is 1.17 bits per heavy atom. The maximum absolute atomic E-state index is 12.5. The van der Waals surface area contributed by atoms with Crippen molar-refractivity contribution in [3.05, 3.63) is 0 Å². The van der Waals surface area contributed by atoms with Gasteiger partial charge < -0.3 is 0 Å². The van der Waals surface area contributed by atoms with Gasteiger partial charge in [0.25, 0.3) is 0 Å². The fourth-order valence-electron chi connectivity index (χ4n) is 5.40. The number of fused-ring (bicyclic) bond motifs is 2. The van der Waals surface area contributed by atoms with Gasteiger partial charge in [0.2, 0.25) is 10.0 Å². The molecular formula is C18H31NO3S. The molecule has 3 saturated carbocycles. The van der Waals surface area contributed by atoms with E-state index in [1.165, 1.54) is 25.7 Å². The van der Waals surface area contributed by atoms with Crippen LogP contribution in [0.1, 0.15) is 71.6 Å². The van der Waals surface area contributed by atoms with Gasteiger partial charge in [-0.15, -0.1) is 0 Å². The fraction of sp³-hybridized carbons (Fsp3) is 0.944. The smallest absolute Gasteiger partial charge is 0.212 e. The van der Waals surface area contributed by atoms with Crippen LogP contribution in [0.2, 0.25) is 0 Å². The lowest BCUT2D eigenvalue weighted by Crippen LogP contribution is -2.45. The standard InChI is InChI=1S/C18H31NO3S/c1-17(2)15-9-10-18(17,16(20)12-15)13-23(21,22)19-11-5-8-14-6-3-4-7-14/h14-15,19H,3-13H2,1-2H3. The molecule has 0 heterocycles. The Hall–Kier alpha value is -0.420. The van der Waals surface area contributed by atoms with Crippen molar-refractivity contribution in [3.63, 3.8) is 0 Å². The maximum atomic E-state index is 12.5. The summed E-state index contributed by atoms with van der Waals surface area (Å²) in [5, 5.41) is 0. The van der Waals surface area contributed by atoms with Crippen molar-refractivity contribution < 1.29 is 13.2 Å². The first-order chi connectivity index (χ1) is 10.8. The Balaban J connectivity index is 1.54. The first-order valence-electron chi connectivity index (χ1n) is 9.27. The van der Waals surface area contributed by atoms with Gasteiger partial charge in [-0.05, 0) is 42.9 Å². The molecule has 2 unspecified atom stereocenters. The van der Waals surface area contributed by atoms with Crippen molar-refractivity contribution in [3.8, 4) is 0 Å². The van der Waals surface area contributed by atoms with Crippen molar-refractivity contribution in [1.82, 2.24) is 4.72 Å². The van der Waals surface area contributed by atoms with E-state index < -0.39 is 15.4 Å². The zero-order valence-corrected chi connectivity index (χ0v) is 15.4. The van der Waals surface area contributed by atoms with E-state index in [0.29, 0.717) is 18.9 Å². The fourth-order valence-corrected chi connectivity index (χ4v) is 7.28. The first kappa shape index (κ1) is 17.4. The highest BCUT2D eigenvalue weighted by Gasteiger charge is 2.65. The summed E-state index contributed by atoms with van der Waals surface area (Å²) in [5.74, 6) is 1.33. The minimum Gasteiger partial charge on any atom is -0.299 e. The van der Waals surface area contributed by atoms with Gasteiger partial charge in [0.15, 0.2) is 0 Å². The molecule has 0 aliphatic heterocycles. The summed E-state index contributed by atoms with van der Waals surface area (Å²) in [5.41, 5.74) is -0.822. The third kappa shape index (κ3) is 3.11. The van der Waals surface area contributed by atoms with Crippen LogP contribution in [0.4, 0.5) is 0 Å². The summed E-state index contributed by atoms with van der Waals surface area (Å²) in [7, 11) is -3.38. The van der Waals surface area contributed by atoms with Crippen LogP contribution >= 0.6 is 0 Å². The predicted octanol–water partition coefficient (Wildman–Crippen LogP) is 3.27. The highest BCUT2D eigenvalue weighted by molar-refractivity contribution is 7.89. The summed E-state index contributed by atoms with van der Waals surface area (Å²) >= 11 is 0. The normalized spacial score (nSPS) is 33.7. The number of nitrogens with one attached hydrogen (secondary N) is 1. The summed E-state index contributed by atoms with van der Waals surface area (Å²) < 4.78 is 27.8. The second kappa shape index (κ2) is 6.14. The Bertz CT molecular complexity index is 563. The molecule has 0 aromatic heterocycles. The number of ketones is 1. The molecule has 0 aromatic carbocycles. The second-order valence-corrected chi connectivity index (χ2v) is 10.4. The maximum Gasteiger partial charge on any atom is 0.212 e. The molecule has 0 amide bonds. The van der Waals surface area contributed by atoms with Gasteiger partial charge >= 0.3 is 0 Å². The van der Waals surface area contributed by atoms with Crippen LogP contribution in [0.15, 0.2) is 0 Å². The van der Waals surface area contributed by atoms with Crippen LogP contribution in [0.3, 0.4) is 0 Å². The van der Waals surface area contributed by atoms with Crippen LogP contribution in [0.25, 0.3) is 0 Å². The van der Waals surface area contributed by atoms with Gasteiger partial charge in [-0.3, -0.25) is 4.79 Å². The summed E-state index contributed by atoms with van der Waals surface area (Å²) in [6.45, 7) is 4.70. The molecule has 3 rings (SSSR count). The van der Waals surface area contributed by atoms with E-state index in [1.807, 2.05) is 0 Å². The van der Waals surface area contributed by atoms with E-state index in [4.69, 9.17) is 0 Å². The van der Waals surface area contributed by atoms with E-state index in [-0.39, 0.29) is 17.0 Å². The van der Waals surface area contributed by atoms with Crippen LogP contribution in [-0.4, -0.2) is 26.5 Å². The largest absolute Gasteiger partial charge is 0.299 e. The van der Waals surface area contributed by atoms with Gasteiger partial charge in [0.05, 0.1) is 5.75 Å². The molecule has 3 fully saturated rings. The molecule has 0 aromatic rings. The number of Topliss-reactive ketones (excluding diaryl/α,β-unsaturated/α-hetero) is 1. The van der Waals surface area contributed by atoms with Gasteiger partial charge in [-0.1, -0.05) is 39.5 Å². The van der Waals surface area contributed by atoms with E-state index in [1.54, 1.807) is 0 Å². The summed E-state index contributed by atoms with van der Waals surface area (Å²) in [6, 6.07) is 0. The number of sulfonamides is 1. The summed E-state index contributed by atoms with van der Waals surface area (Å²) in [6.07, 6.45) is 9.62.